The van der Waals surface area contributed by atoms with Gasteiger partial charge in [0.1, 0.15) is 11.5 Å². The number of ether oxygens (including phenoxy) is 1. The van der Waals surface area contributed by atoms with E-state index in [1.54, 1.807) is 12.4 Å². The molecule has 0 spiro atoms. The van der Waals surface area contributed by atoms with Gasteiger partial charge in [-0.15, -0.1) is 0 Å². The largest absolute Gasteiger partial charge is 0.456 e. The van der Waals surface area contributed by atoms with Gasteiger partial charge in [0.15, 0.2) is 0 Å². The SMILES string of the molecule is Brc1cnccc1Oc1cccc(I)c1. The van der Waals surface area contributed by atoms with Crippen molar-refractivity contribution in [1.82, 2.24) is 4.98 Å². The highest BCUT2D eigenvalue weighted by atomic mass is 127. The van der Waals surface area contributed by atoms with Gasteiger partial charge in [-0.1, -0.05) is 6.07 Å². The summed E-state index contributed by atoms with van der Waals surface area (Å²) in [6, 6.07) is 9.72. The summed E-state index contributed by atoms with van der Waals surface area (Å²) in [5.41, 5.74) is 0. The maximum absolute atomic E-state index is 5.70. The summed E-state index contributed by atoms with van der Waals surface area (Å²) in [6.45, 7) is 0. The Morgan fingerprint density at radius 3 is 2.87 bits per heavy atom. The highest BCUT2D eigenvalue weighted by molar-refractivity contribution is 14.1. The molecule has 1 heterocycles. The van der Waals surface area contributed by atoms with Gasteiger partial charge in [-0.3, -0.25) is 4.98 Å². The summed E-state index contributed by atoms with van der Waals surface area (Å²) in [5.74, 6) is 1.60. The van der Waals surface area contributed by atoms with Gasteiger partial charge in [0.25, 0.3) is 0 Å². The first-order valence-corrected chi connectivity index (χ1v) is 6.16. The van der Waals surface area contributed by atoms with Crippen molar-refractivity contribution in [2.24, 2.45) is 0 Å². The van der Waals surface area contributed by atoms with Crippen LogP contribution in [-0.2, 0) is 0 Å². The fourth-order valence-electron chi connectivity index (χ4n) is 1.10. The second kappa shape index (κ2) is 4.94. The average molecular weight is 376 g/mol. The molecule has 0 N–H and O–H groups in total. The minimum Gasteiger partial charge on any atom is -0.456 e. The fourth-order valence-corrected chi connectivity index (χ4v) is 1.95. The molecule has 0 amide bonds. The van der Waals surface area contributed by atoms with Crippen LogP contribution in [0, 0.1) is 3.57 Å². The Bertz CT molecular complexity index is 476. The molecule has 2 nitrogen and oxygen atoms in total. The quantitative estimate of drug-likeness (QED) is 0.732. The van der Waals surface area contributed by atoms with Crippen LogP contribution in [0.25, 0.3) is 0 Å². The summed E-state index contributed by atoms with van der Waals surface area (Å²) in [4.78, 5) is 3.98. The molecule has 15 heavy (non-hydrogen) atoms. The minimum atomic E-state index is 0.770. The van der Waals surface area contributed by atoms with Crippen LogP contribution in [0.15, 0.2) is 47.2 Å². The Kier molecular flexibility index (Phi) is 3.58. The van der Waals surface area contributed by atoms with Gasteiger partial charge in [0, 0.05) is 22.0 Å². The number of pyridine rings is 1. The van der Waals surface area contributed by atoms with E-state index in [4.69, 9.17) is 4.74 Å². The second-order valence-corrected chi connectivity index (χ2v) is 4.97. The van der Waals surface area contributed by atoms with E-state index < -0.39 is 0 Å². The lowest BCUT2D eigenvalue weighted by molar-refractivity contribution is 0.478. The van der Waals surface area contributed by atoms with Gasteiger partial charge >= 0.3 is 0 Å². The van der Waals surface area contributed by atoms with Crippen molar-refractivity contribution in [3.05, 3.63) is 50.8 Å². The first-order valence-electron chi connectivity index (χ1n) is 4.28. The maximum atomic E-state index is 5.70. The van der Waals surface area contributed by atoms with E-state index in [1.165, 1.54) is 0 Å². The van der Waals surface area contributed by atoms with Crippen molar-refractivity contribution < 1.29 is 4.74 Å². The molecule has 1 aromatic heterocycles. The van der Waals surface area contributed by atoms with E-state index in [1.807, 2.05) is 30.3 Å². The van der Waals surface area contributed by atoms with Crippen LogP contribution in [0.1, 0.15) is 0 Å². The molecule has 2 aromatic rings. The Hall–Kier alpha value is -0.620. The third-order valence-corrected chi connectivity index (χ3v) is 3.03. The van der Waals surface area contributed by atoms with Gasteiger partial charge in [0.2, 0.25) is 0 Å². The number of hydrogen-bond donors (Lipinski definition) is 0. The Labute approximate surface area is 110 Å². The predicted octanol–water partition coefficient (Wildman–Crippen LogP) is 4.24. The zero-order valence-electron chi connectivity index (χ0n) is 7.65. The molecule has 0 atom stereocenters. The van der Waals surface area contributed by atoms with E-state index in [0.717, 1.165) is 19.5 Å². The molecule has 0 bridgehead atoms. The molecule has 0 saturated heterocycles. The van der Waals surface area contributed by atoms with Gasteiger partial charge in [0.05, 0.1) is 4.47 Å². The highest BCUT2D eigenvalue weighted by Crippen LogP contribution is 2.28. The average Bonchev–Trinajstić information content (AvgIpc) is 2.22. The van der Waals surface area contributed by atoms with Crippen molar-refractivity contribution in [3.63, 3.8) is 0 Å². The lowest BCUT2D eigenvalue weighted by atomic mass is 10.3. The van der Waals surface area contributed by atoms with Crippen LogP contribution in [0.5, 0.6) is 11.5 Å². The third-order valence-electron chi connectivity index (χ3n) is 1.76. The maximum Gasteiger partial charge on any atom is 0.144 e. The van der Waals surface area contributed by atoms with Gasteiger partial charge < -0.3 is 4.74 Å². The van der Waals surface area contributed by atoms with Crippen molar-refractivity contribution in [2.45, 2.75) is 0 Å². The Balaban J connectivity index is 2.26. The standard InChI is InChI=1S/C11H7BrINO/c12-10-7-14-5-4-11(10)15-9-3-1-2-8(13)6-9/h1-7H. The number of benzene rings is 1. The van der Waals surface area contributed by atoms with Crippen molar-refractivity contribution in [1.29, 1.82) is 0 Å². The normalized spacial score (nSPS) is 10.0. The molecule has 0 aliphatic rings. The van der Waals surface area contributed by atoms with Crippen molar-refractivity contribution in [2.75, 3.05) is 0 Å². The van der Waals surface area contributed by atoms with E-state index in [9.17, 15) is 0 Å². The molecule has 0 aliphatic heterocycles. The van der Waals surface area contributed by atoms with Gasteiger partial charge in [-0.2, -0.15) is 0 Å². The van der Waals surface area contributed by atoms with Crippen LogP contribution >= 0.6 is 38.5 Å². The van der Waals surface area contributed by atoms with Crippen LogP contribution in [-0.4, -0.2) is 4.98 Å². The van der Waals surface area contributed by atoms with Crippen LogP contribution in [0.2, 0.25) is 0 Å². The summed E-state index contributed by atoms with van der Waals surface area (Å²) < 4.78 is 7.70. The number of halogens is 2. The highest BCUT2D eigenvalue weighted by Gasteiger charge is 2.01. The summed E-state index contributed by atoms with van der Waals surface area (Å²) in [7, 11) is 0. The lowest BCUT2D eigenvalue weighted by Gasteiger charge is -2.06. The first-order chi connectivity index (χ1) is 7.25. The predicted molar refractivity (Wildman–Crippen MR) is 71.2 cm³/mol. The van der Waals surface area contributed by atoms with E-state index in [2.05, 4.69) is 43.5 Å². The van der Waals surface area contributed by atoms with Gasteiger partial charge in [-0.25, -0.2) is 0 Å². The molecule has 4 heteroatoms. The van der Waals surface area contributed by atoms with Crippen molar-refractivity contribution in [3.8, 4) is 11.5 Å². The van der Waals surface area contributed by atoms with Crippen LogP contribution < -0.4 is 4.74 Å². The van der Waals surface area contributed by atoms with Crippen LogP contribution in [0.4, 0.5) is 0 Å². The number of hydrogen-bond acceptors (Lipinski definition) is 2. The summed E-state index contributed by atoms with van der Waals surface area (Å²) in [5, 5.41) is 0. The fraction of sp³-hybridized carbons (Fsp3) is 0. The first kappa shape index (κ1) is 10.9. The molecule has 0 fully saturated rings. The Morgan fingerprint density at radius 2 is 2.13 bits per heavy atom. The third kappa shape index (κ3) is 2.92. The molecular weight excluding hydrogens is 369 g/mol. The number of nitrogens with zero attached hydrogens (tertiary/aromatic N) is 1. The molecule has 0 radical (unpaired) electrons. The number of rotatable bonds is 2. The van der Waals surface area contributed by atoms with E-state index >= 15 is 0 Å². The van der Waals surface area contributed by atoms with E-state index in [-0.39, 0.29) is 0 Å². The molecule has 2 rings (SSSR count). The molecule has 1 aromatic carbocycles. The van der Waals surface area contributed by atoms with Crippen molar-refractivity contribution >= 4 is 38.5 Å². The molecule has 0 unspecified atom stereocenters. The molecule has 76 valence electrons. The molecule has 0 saturated carbocycles. The minimum absolute atomic E-state index is 0.770. The zero-order chi connectivity index (χ0) is 10.7. The zero-order valence-corrected chi connectivity index (χ0v) is 11.4. The van der Waals surface area contributed by atoms with Gasteiger partial charge in [-0.05, 0) is 56.7 Å². The lowest BCUT2D eigenvalue weighted by Crippen LogP contribution is -1.86. The topological polar surface area (TPSA) is 22.1 Å². The molecule has 0 aliphatic carbocycles. The molecular formula is C11H7BrINO. The summed E-state index contributed by atoms with van der Waals surface area (Å²) in [6.07, 6.45) is 3.41. The van der Waals surface area contributed by atoms with E-state index in [0.29, 0.717) is 0 Å². The summed E-state index contributed by atoms with van der Waals surface area (Å²) >= 11 is 5.64. The Morgan fingerprint density at radius 1 is 1.27 bits per heavy atom. The van der Waals surface area contributed by atoms with Crippen LogP contribution in [0.3, 0.4) is 0 Å². The second-order valence-electron chi connectivity index (χ2n) is 2.87. The number of aromatic nitrogens is 1. The smallest absolute Gasteiger partial charge is 0.144 e. The monoisotopic (exact) mass is 375 g/mol.